The van der Waals surface area contributed by atoms with Gasteiger partial charge in [0.1, 0.15) is 9.84 Å². The first-order chi connectivity index (χ1) is 8.31. The van der Waals surface area contributed by atoms with E-state index in [0.717, 1.165) is 12.0 Å². The third-order valence-corrected chi connectivity index (χ3v) is 3.78. The molecular formula is C14H23NO2S. The second-order valence-corrected chi connectivity index (χ2v) is 7.46. The molecule has 1 rings (SSSR count). The molecule has 0 aliphatic rings. The van der Waals surface area contributed by atoms with Crippen LogP contribution < -0.4 is 5.32 Å². The maximum Gasteiger partial charge on any atom is 0.149 e. The summed E-state index contributed by atoms with van der Waals surface area (Å²) in [5.41, 5.74) is 2.32. The zero-order chi connectivity index (χ0) is 13.8. The fraction of sp³-hybridized carbons (Fsp3) is 0.571. The first-order valence-electron chi connectivity index (χ1n) is 6.25. The van der Waals surface area contributed by atoms with Crippen molar-refractivity contribution in [3.8, 4) is 0 Å². The van der Waals surface area contributed by atoms with Crippen molar-refractivity contribution in [2.45, 2.75) is 26.3 Å². The Morgan fingerprint density at radius 1 is 1.17 bits per heavy atom. The number of hydrogen-bond acceptors (Lipinski definition) is 3. The quantitative estimate of drug-likeness (QED) is 0.861. The third-order valence-electron chi connectivity index (χ3n) is 2.84. The van der Waals surface area contributed by atoms with Crippen molar-refractivity contribution in [2.24, 2.45) is 5.92 Å². The third kappa shape index (κ3) is 5.19. The van der Waals surface area contributed by atoms with Gasteiger partial charge in [0.15, 0.2) is 0 Å². The smallest absolute Gasteiger partial charge is 0.149 e. The Hall–Kier alpha value is -0.870. The Balaban J connectivity index is 2.82. The summed E-state index contributed by atoms with van der Waals surface area (Å²) in [6.45, 7) is 4.38. The molecule has 0 saturated carbocycles. The van der Waals surface area contributed by atoms with Gasteiger partial charge in [0.25, 0.3) is 0 Å². The molecule has 0 fully saturated rings. The van der Waals surface area contributed by atoms with Crippen molar-refractivity contribution >= 4 is 9.84 Å². The molecule has 0 amide bonds. The molecule has 0 radical (unpaired) electrons. The largest absolute Gasteiger partial charge is 0.312 e. The molecule has 1 aromatic rings. The van der Waals surface area contributed by atoms with Crippen molar-refractivity contribution in [1.29, 1.82) is 0 Å². The van der Waals surface area contributed by atoms with Crippen LogP contribution in [0.2, 0.25) is 0 Å². The molecular weight excluding hydrogens is 246 g/mol. The summed E-state index contributed by atoms with van der Waals surface area (Å²) >= 11 is 0. The van der Waals surface area contributed by atoms with Crippen LogP contribution >= 0.6 is 0 Å². The number of sulfone groups is 1. The molecule has 102 valence electrons. The summed E-state index contributed by atoms with van der Waals surface area (Å²) in [4.78, 5) is 0. The van der Waals surface area contributed by atoms with Crippen molar-refractivity contribution in [3.05, 3.63) is 35.4 Å². The van der Waals surface area contributed by atoms with Gasteiger partial charge in [-0.3, -0.25) is 0 Å². The van der Waals surface area contributed by atoms with Crippen LogP contribution in [0, 0.1) is 5.92 Å². The Morgan fingerprint density at radius 3 is 2.11 bits per heavy atom. The summed E-state index contributed by atoms with van der Waals surface area (Å²) in [5, 5.41) is 3.06. The van der Waals surface area contributed by atoms with Gasteiger partial charge >= 0.3 is 0 Å². The van der Waals surface area contributed by atoms with Gasteiger partial charge in [0.05, 0.1) is 5.75 Å². The summed E-state index contributed by atoms with van der Waals surface area (Å²) in [6.07, 6.45) is 2.32. The van der Waals surface area contributed by atoms with Crippen LogP contribution in [0.1, 0.15) is 31.0 Å². The number of rotatable bonds is 6. The van der Waals surface area contributed by atoms with Gasteiger partial charge in [0.2, 0.25) is 0 Å². The van der Waals surface area contributed by atoms with Crippen LogP contribution in [0.15, 0.2) is 24.3 Å². The lowest BCUT2D eigenvalue weighted by Crippen LogP contribution is -2.24. The highest BCUT2D eigenvalue weighted by Gasteiger charge is 2.15. The van der Waals surface area contributed by atoms with Gasteiger partial charge in [-0.1, -0.05) is 38.1 Å². The molecule has 1 aromatic carbocycles. The topological polar surface area (TPSA) is 46.2 Å². The Kier molecular flexibility index (Phi) is 5.35. The first-order valence-corrected chi connectivity index (χ1v) is 8.31. The van der Waals surface area contributed by atoms with E-state index in [4.69, 9.17) is 0 Å². The Morgan fingerprint density at radius 2 is 1.72 bits per heavy atom. The molecule has 1 N–H and O–H groups in total. The van der Waals surface area contributed by atoms with Crippen LogP contribution in [0.5, 0.6) is 0 Å². The molecule has 0 aliphatic carbocycles. The second kappa shape index (κ2) is 6.34. The fourth-order valence-corrected chi connectivity index (χ4v) is 2.97. The van der Waals surface area contributed by atoms with Crippen LogP contribution in [0.4, 0.5) is 0 Å². The van der Waals surface area contributed by atoms with E-state index in [-0.39, 0.29) is 11.8 Å². The van der Waals surface area contributed by atoms with Gasteiger partial charge in [-0.05, 0) is 30.5 Å². The van der Waals surface area contributed by atoms with E-state index in [1.807, 2.05) is 12.1 Å². The summed E-state index contributed by atoms with van der Waals surface area (Å²) < 4.78 is 22.7. The first kappa shape index (κ1) is 15.2. The highest BCUT2D eigenvalue weighted by atomic mass is 32.2. The average molecular weight is 269 g/mol. The van der Waals surface area contributed by atoms with E-state index in [1.54, 1.807) is 7.05 Å². The molecule has 18 heavy (non-hydrogen) atoms. The van der Waals surface area contributed by atoms with Gasteiger partial charge in [-0.2, -0.15) is 0 Å². The lowest BCUT2D eigenvalue weighted by Gasteiger charge is -2.16. The highest BCUT2D eigenvalue weighted by Crippen LogP contribution is 2.17. The van der Waals surface area contributed by atoms with Crippen LogP contribution in [0.25, 0.3) is 0 Å². The molecule has 4 heteroatoms. The minimum atomic E-state index is -2.98. The van der Waals surface area contributed by atoms with E-state index < -0.39 is 9.84 Å². The predicted molar refractivity (Wildman–Crippen MR) is 76.5 cm³/mol. The number of hydrogen-bond donors (Lipinski definition) is 1. The van der Waals surface area contributed by atoms with E-state index in [1.165, 1.54) is 11.8 Å². The molecule has 0 saturated heterocycles. The molecule has 1 atom stereocenters. The van der Waals surface area contributed by atoms with Gasteiger partial charge in [-0.25, -0.2) is 8.42 Å². The number of benzene rings is 1. The molecule has 0 aliphatic heterocycles. The van der Waals surface area contributed by atoms with Gasteiger partial charge < -0.3 is 5.32 Å². The van der Waals surface area contributed by atoms with Crippen LogP contribution in [-0.4, -0.2) is 27.5 Å². The zero-order valence-corrected chi connectivity index (χ0v) is 12.4. The molecule has 0 spiro atoms. The van der Waals surface area contributed by atoms with Crippen LogP contribution in [0.3, 0.4) is 0 Å². The van der Waals surface area contributed by atoms with Gasteiger partial charge in [-0.15, -0.1) is 0 Å². The molecule has 0 aromatic heterocycles. The standard InChI is InChI=1S/C14H23NO2S/c1-11(2)9-12-5-7-13(8-6-12)14(15-3)10-18(4,16)17/h5-8,11,14-15H,9-10H2,1-4H3. The average Bonchev–Trinajstić information content (AvgIpc) is 2.25. The Labute approximate surface area is 111 Å². The number of nitrogens with one attached hydrogen (secondary N) is 1. The fourth-order valence-electron chi connectivity index (χ4n) is 2.01. The molecule has 0 bridgehead atoms. The molecule has 1 unspecified atom stereocenters. The normalized spacial score (nSPS) is 13.8. The molecule has 0 heterocycles. The summed E-state index contributed by atoms with van der Waals surface area (Å²) in [7, 11) is -1.19. The SMILES string of the molecule is CNC(CS(C)(=O)=O)c1ccc(CC(C)C)cc1. The lowest BCUT2D eigenvalue weighted by atomic mass is 10.00. The van der Waals surface area contributed by atoms with E-state index in [0.29, 0.717) is 5.92 Å². The second-order valence-electron chi connectivity index (χ2n) is 5.27. The summed E-state index contributed by atoms with van der Waals surface area (Å²) in [6, 6.07) is 8.07. The Bertz CT molecular complexity index is 463. The maximum atomic E-state index is 11.3. The monoisotopic (exact) mass is 269 g/mol. The van der Waals surface area contributed by atoms with Crippen LogP contribution in [-0.2, 0) is 16.3 Å². The zero-order valence-electron chi connectivity index (χ0n) is 11.6. The van der Waals surface area contributed by atoms with Crippen molar-refractivity contribution in [1.82, 2.24) is 5.32 Å². The maximum absolute atomic E-state index is 11.3. The lowest BCUT2D eigenvalue weighted by molar-refractivity contribution is 0.579. The van der Waals surface area contributed by atoms with Gasteiger partial charge in [0, 0.05) is 12.3 Å². The highest BCUT2D eigenvalue weighted by molar-refractivity contribution is 7.90. The van der Waals surface area contributed by atoms with E-state index >= 15 is 0 Å². The van der Waals surface area contributed by atoms with Crippen molar-refractivity contribution in [3.63, 3.8) is 0 Å². The minimum Gasteiger partial charge on any atom is -0.312 e. The summed E-state index contributed by atoms with van der Waals surface area (Å²) in [5.74, 6) is 0.763. The predicted octanol–water partition coefficient (Wildman–Crippen LogP) is 2.19. The van der Waals surface area contributed by atoms with Crippen molar-refractivity contribution < 1.29 is 8.42 Å². The minimum absolute atomic E-state index is 0.131. The van der Waals surface area contributed by atoms with Crippen molar-refractivity contribution in [2.75, 3.05) is 19.1 Å². The van der Waals surface area contributed by atoms with E-state index in [9.17, 15) is 8.42 Å². The molecule has 3 nitrogen and oxygen atoms in total. The van der Waals surface area contributed by atoms with E-state index in [2.05, 4.69) is 31.3 Å².